The lowest BCUT2D eigenvalue weighted by atomic mass is 10.1. The second-order valence-electron chi connectivity index (χ2n) is 5.13. The number of hydrogen-bond acceptors (Lipinski definition) is 6. The zero-order chi connectivity index (χ0) is 18.1. The molecule has 3 aromatic heterocycles. The van der Waals surface area contributed by atoms with Gasteiger partial charge < -0.3 is 5.32 Å². The number of aromatic amines is 1. The molecule has 26 heavy (non-hydrogen) atoms. The van der Waals surface area contributed by atoms with Gasteiger partial charge in [0.15, 0.2) is 11.0 Å². The summed E-state index contributed by atoms with van der Waals surface area (Å²) in [5.74, 6) is -0.148. The molecule has 10 heteroatoms. The first-order valence-electron chi connectivity index (χ1n) is 7.31. The third-order valence-electron chi connectivity index (χ3n) is 3.42. The lowest BCUT2D eigenvalue weighted by Crippen LogP contribution is -1.91. The maximum Gasteiger partial charge on any atom is 0.193 e. The van der Waals surface area contributed by atoms with Crippen LogP contribution in [0.2, 0.25) is 10.0 Å². The van der Waals surface area contributed by atoms with Crippen LogP contribution >= 0.6 is 34.5 Å². The number of hydrogen-bond donors (Lipinski definition) is 2. The summed E-state index contributed by atoms with van der Waals surface area (Å²) in [6.45, 7) is 0. The normalized spacial score (nSPS) is 10.9. The van der Waals surface area contributed by atoms with Gasteiger partial charge in [-0.3, -0.25) is 10.1 Å². The zero-order valence-corrected chi connectivity index (χ0v) is 15.2. The molecule has 1 aromatic carbocycles. The van der Waals surface area contributed by atoms with E-state index < -0.39 is 5.82 Å². The Kier molecular flexibility index (Phi) is 4.54. The molecule has 0 aliphatic carbocycles. The van der Waals surface area contributed by atoms with Crippen LogP contribution in [-0.4, -0.2) is 25.1 Å². The molecule has 3 heterocycles. The zero-order valence-electron chi connectivity index (χ0n) is 12.9. The summed E-state index contributed by atoms with van der Waals surface area (Å²) >= 11 is 13.4. The molecule has 0 unspecified atom stereocenters. The molecule has 0 spiro atoms. The molecule has 4 aromatic rings. The number of H-pyrrole nitrogens is 1. The molecule has 0 bridgehead atoms. The molecule has 0 atom stereocenters. The summed E-state index contributed by atoms with van der Waals surface area (Å²) in [4.78, 5) is 13.4. The topological polar surface area (TPSA) is 79.4 Å². The fourth-order valence-corrected chi connectivity index (χ4v) is 3.70. The van der Waals surface area contributed by atoms with Crippen molar-refractivity contribution in [3.8, 4) is 22.0 Å². The van der Waals surface area contributed by atoms with E-state index in [1.54, 1.807) is 18.5 Å². The summed E-state index contributed by atoms with van der Waals surface area (Å²) in [5.41, 5.74) is 1.63. The lowest BCUT2D eigenvalue weighted by molar-refractivity contribution is 0.629. The van der Waals surface area contributed by atoms with Crippen molar-refractivity contribution in [1.82, 2.24) is 25.1 Å². The van der Waals surface area contributed by atoms with E-state index in [9.17, 15) is 4.39 Å². The van der Waals surface area contributed by atoms with Crippen molar-refractivity contribution >= 4 is 45.4 Å². The fraction of sp³-hybridized carbons (Fsp3) is 0. The Morgan fingerprint density at radius 3 is 2.81 bits per heavy atom. The smallest absolute Gasteiger partial charge is 0.193 e. The monoisotopic (exact) mass is 406 g/mol. The molecule has 0 saturated carbocycles. The van der Waals surface area contributed by atoms with Crippen LogP contribution in [0.15, 0.2) is 43.0 Å². The van der Waals surface area contributed by atoms with Crippen molar-refractivity contribution in [3.05, 3.63) is 58.8 Å². The van der Waals surface area contributed by atoms with E-state index >= 15 is 0 Å². The first-order chi connectivity index (χ1) is 12.6. The third kappa shape index (κ3) is 3.26. The number of aromatic nitrogens is 5. The summed E-state index contributed by atoms with van der Waals surface area (Å²) < 4.78 is 14.0. The largest absolute Gasteiger partial charge is 0.330 e. The van der Waals surface area contributed by atoms with E-state index in [0.29, 0.717) is 27.1 Å². The number of nitrogens with one attached hydrogen (secondary N) is 2. The van der Waals surface area contributed by atoms with Crippen molar-refractivity contribution in [2.75, 3.05) is 5.32 Å². The van der Waals surface area contributed by atoms with Crippen LogP contribution in [-0.2, 0) is 0 Å². The average molecular weight is 407 g/mol. The quantitative estimate of drug-likeness (QED) is 0.456. The average Bonchev–Trinajstić information content (AvgIpc) is 3.28. The SMILES string of the molecule is Fc1cc(-c2nc(Nc3cccnc3)sc2-c2nc[nH]n2)c(Cl)cc1Cl. The van der Waals surface area contributed by atoms with Gasteiger partial charge in [0, 0.05) is 11.8 Å². The van der Waals surface area contributed by atoms with E-state index in [0.717, 1.165) is 5.69 Å². The van der Waals surface area contributed by atoms with Gasteiger partial charge in [0.1, 0.15) is 17.0 Å². The molecule has 2 N–H and O–H groups in total. The number of thiazole rings is 1. The molecule has 6 nitrogen and oxygen atoms in total. The van der Waals surface area contributed by atoms with Crippen LogP contribution in [0, 0.1) is 5.82 Å². The standard InChI is InChI=1S/C16H9Cl2FN6S/c17-10-5-11(18)12(19)4-9(10)13-14(15-21-7-22-25-15)26-16(24-13)23-8-2-1-3-20-6-8/h1-7H,(H,23,24)(H,21,22,25). The highest BCUT2D eigenvalue weighted by atomic mass is 35.5. The van der Waals surface area contributed by atoms with Gasteiger partial charge in [0.05, 0.1) is 27.6 Å². The Labute approximate surface area is 161 Å². The van der Waals surface area contributed by atoms with Crippen LogP contribution in [0.4, 0.5) is 15.2 Å². The second-order valence-corrected chi connectivity index (χ2v) is 6.95. The predicted octanol–water partition coefficient (Wildman–Crippen LogP) is 5.18. The van der Waals surface area contributed by atoms with E-state index in [1.807, 2.05) is 6.07 Å². The van der Waals surface area contributed by atoms with Gasteiger partial charge >= 0.3 is 0 Å². The van der Waals surface area contributed by atoms with E-state index in [4.69, 9.17) is 23.2 Å². The van der Waals surface area contributed by atoms with Crippen LogP contribution in [0.25, 0.3) is 22.0 Å². The van der Waals surface area contributed by atoms with Crippen molar-refractivity contribution in [2.24, 2.45) is 0 Å². The summed E-state index contributed by atoms with van der Waals surface area (Å²) in [6.07, 6.45) is 4.80. The Bertz CT molecular complexity index is 1050. The number of anilines is 2. The summed E-state index contributed by atoms with van der Waals surface area (Å²) in [6, 6.07) is 6.26. The maximum atomic E-state index is 14.0. The Hall–Kier alpha value is -2.55. The maximum absolute atomic E-state index is 14.0. The molecule has 4 rings (SSSR count). The Morgan fingerprint density at radius 1 is 1.19 bits per heavy atom. The number of benzene rings is 1. The van der Waals surface area contributed by atoms with Gasteiger partial charge in [0.2, 0.25) is 0 Å². The number of rotatable bonds is 4. The number of halogens is 3. The number of pyridine rings is 1. The van der Waals surface area contributed by atoms with Crippen molar-refractivity contribution < 1.29 is 4.39 Å². The highest BCUT2D eigenvalue weighted by molar-refractivity contribution is 7.19. The van der Waals surface area contributed by atoms with Crippen LogP contribution in [0.1, 0.15) is 0 Å². The molecule has 0 aliphatic heterocycles. The van der Waals surface area contributed by atoms with Crippen molar-refractivity contribution in [2.45, 2.75) is 0 Å². The van der Waals surface area contributed by atoms with E-state index in [-0.39, 0.29) is 10.0 Å². The molecule has 0 fully saturated rings. The second kappa shape index (κ2) is 6.99. The molecule has 0 radical (unpaired) electrons. The van der Waals surface area contributed by atoms with E-state index in [2.05, 4.69) is 30.5 Å². The first-order valence-corrected chi connectivity index (χ1v) is 8.88. The van der Waals surface area contributed by atoms with Crippen molar-refractivity contribution in [3.63, 3.8) is 0 Å². The van der Waals surface area contributed by atoms with Gasteiger partial charge in [-0.05, 0) is 24.3 Å². The number of nitrogens with zero attached hydrogens (tertiary/aromatic N) is 4. The van der Waals surface area contributed by atoms with Crippen LogP contribution < -0.4 is 5.32 Å². The predicted molar refractivity (Wildman–Crippen MR) is 100 cm³/mol. The summed E-state index contributed by atoms with van der Waals surface area (Å²) in [7, 11) is 0. The molecular formula is C16H9Cl2FN6S. The highest BCUT2D eigenvalue weighted by Gasteiger charge is 2.21. The van der Waals surface area contributed by atoms with Gasteiger partial charge in [-0.15, -0.1) is 0 Å². The summed E-state index contributed by atoms with van der Waals surface area (Å²) in [5, 5.41) is 10.7. The van der Waals surface area contributed by atoms with Crippen LogP contribution in [0.3, 0.4) is 0 Å². The van der Waals surface area contributed by atoms with Gasteiger partial charge in [-0.25, -0.2) is 14.4 Å². The van der Waals surface area contributed by atoms with Crippen LogP contribution in [0.5, 0.6) is 0 Å². The Morgan fingerprint density at radius 2 is 2.08 bits per heavy atom. The molecular weight excluding hydrogens is 398 g/mol. The van der Waals surface area contributed by atoms with Gasteiger partial charge in [-0.2, -0.15) is 5.10 Å². The lowest BCUT2D eigenvalue weighted by Gasteiger charge is -2.05. The highest BCUT2D eigenvalue weighted by Crippen LogP contribution is 2.41. The first kappa shape index (κ1) is 16.9. The third-order valence-corrected chi connectivity index (χ3v) is 4.99. The van der Waals surface area contributed by atoms with E-state index in [1.165, 1.54) is 29.8 Å². The molecule has 0 saturated heterocycles. The molecule has 130 valence electrons. The minimum Gasteiger partial charge on any atom is -0.330 e. The van der Waals surface area contributed by atoms with Gasteiger partial charge in [-0.1, -0.05) is 34.5 Å². The Balaban J connectivity index is 1.84. The molecule has 0 aliphatic rings. The van der Waals surface area contributed by atoms with Gasteiger partial charge in [0.25, 0.3) is 0 Å². The minimum atomic E-state index is -0.582. The fourth-order valence-electron chi connectivity index (χ4n) is 2.29. The molecule has 0 amide bonds. The minimum absolute atomic E-state index is 0.0536. The van der Waals surface area contributed by atoms with Crippen molar-refractivity contribution in [1.29, 1.82) is 0 Å².